The largest absolute Gasteiger partial charge is 0.375 e. The maximum Gasteiger partial charge on any atom is 0.0174 e. The second kappa shape index (κ2) is 5.01. The van der Waals surface area contributed by atoms with Gasteiger partial charge < -0.3 is 4.90 Å². The summed E-state index contributed by atoms with van der Waals surface area (Å²) in [7, 11) is 0. The number of nitrogens with zero attached hydrogens (tertiary/aromatic N) is 1. The van der Waals surface area contributed by atoms with Crippen molar-refractivity contribution in [3.63, 3.8) is 0 Å². The molecule has 1 nitrogen and oxygen atoms in total. The first-order valence-electron chi connectivity index (χ1n) is 5.84. The molecular weight excluding hydrogens is 182 g/mol. The van der Waals surface area contributed by atoms with Gasteiger partial charge in [0.2, 0.25) is 0 Å². The summed E-state index contributed by atoms with van der Waals surface area (Å²) >= 11 is 0. The molecule has 0 atom stereocenters. The number of hydrogen-bond acceptors (Lipinski definition) is 1. The minimum Gasteiger partial charge on any atom is -0.375 e. The van der Waals surface area contributed by atoms with Crippen molar-refractivity contribution in [2.24, 2.45) is 0 Å². The standard InChI is InChI=1S/C14H19N/c1-13(15-10-6-3-7-11-15)12-14-8-4-2-5-9-14/h2,4-5,8-9,12H,3,6-7,10-11H2,1H3. The Bertz CT molecular complexity index is 320. The molecule has 0 aromatic heterocycles. The molecular formula is C14H19N. The number of allylic oxidation sites excluding steroid dienone is 1. The Morgan fingerprint density at radius 1 is 1.07 bits per heavy atom. The van der Waals surface area contributed by atoms with E-state index in [0.29, 0.717) is 0 Å². The number of benzene rings is 1. The number of piperidine rings is 1. The summed E-state index contributed by atoms with van der Waals surface area (Å²) in [5.74, 6) is 0. The summed E-state index contributed by atoms with van der Waals surface area (Å²) in [4.78, 5) is 2.50. The third-order valence-corrected chi connectivity index (χ3v) is 3.03. The molecule has 1 heteroatoms. The Hall–Kier alpha value is -1.24. The predicted molar refractivity (Wildman–Crippen MR) is 65.5 cm³/mol. The zero-order valence-corrected chi connectivity index (χ0v) is 9.45. The lowest BCUT2D eigenvalue weighted by Gasteiger charge is -2.29. The number of rotatable bonds is 2. The average molecular weight is 201 g/mol. The molecule has 0 radical (unpaired) electrons. The van der Waals surface area contributed by atoms with E-state index in [0.717, 1.165) is 0 Å². The van der Waals surface area contributed by atoms with Gasteiger partial charge in [-0.3, -0.25) is 0 Å². The predicted octanol–water partition coefficient (Wildman–Crippen LogP) is 3.53. The lowest BCUT2D eigenvalue weighted by Crippen LogP contribution is -2.27. The highest BCUT2D eigenvalue weighted by Crippen LogP contribution is 2.16. The molecule has 0 aliphatic carbocycles. The van der Waals surface area contributed by atoms with Gasteiger partial charge in [0.25, 0.3) is 0 Å². The van der Waals surface area contributed by atoms with Crippen molar-refractivity contribution in [2.45, 2.75) is 26.2 Å². The Balaban J connectivity index is 2.06. The van der Waals surface area contributed by atoms with Gasteiger partial charge in [-0.05, 0) is 37.8 Å². The van der Waals surface area contributed by atoms with Crippen molar-refractivity contribution in [2.75, 3.05) is 13.1 Å². The summed E-state index contributed by atoms with van der Waals surface area (Å²) in [6.07, 6.45) is 6.38. The third kappa shape index (κ3) is 2.85. The SMILES string of the molecule is CC(=Cc1ccccc1)N1CCCCC1. The van der Waals surface area contributed by atoms with Gasteiger partial charge in [0.05, 0.1) is 0 Å². The van der Waals surface area contributed by atoms with E-state index >= 15 is 0 Å². The first-order valence-corrected chi connectivity index (χ1v) is 5.84. The third-order valence-electron chi connectivity index (χ3n) is 3.03. The molecule has 0 spiro atoms. The summed E-state index contributed by atoms with van der Waals surface area (Å²) in [5.41, 5.74) is 2.71. The summed E-state index contributed by atoms with van der Waals surface area (Å²) in [5, 5.41) is 0. The van der Waals surface area contributed by atoms with Crippen molar-refractivity contribution < 1.29 is 0 Å². The second-order valence-electron chi connectivity index (χ2n) is 4.24. The average Bonchev–Trinajstić information content (AvgIpc) is 2.31. The Kier molecular flexibility index (Phi) is 3.44. The molecule has 15 heavy (non-hydrogen) atoms. The Labute approximate surface area is 92.4 Å². The van der Waals surface area contributed by atoms with Crippen LogP contribution in [0.15, 0.2) is 36.0 Å². The first-order chi connectivity index (χ1) is 7.36. The van der Waals surface area contributed by atoms with Crippen LogP contribution in [0.25, 0.3) is 6.08 Å². The monoisotopic (exact) mass is 201 g/mol. The summed E-state index contributed by atoms with van der Waals surface area (Å²) in [6.45, 7) is 4.68. The highest BCUT2D eigenvalue weighted by atomic mass is 15.1. The van der Waals surface area contributed by atoms with E-state index in [9.17, 15) is 0 Å². The van der Waals surface area contributed by atoms with Gasteiger partial charge in [0.15, 0.2) is 0 Å². The fraction of sp³-hybridized carbons (Fsp3) is 0.429. The quantitative estimate of drug-likeness (QED) is 0.707. The van der Waals surface area contributed by atoms with Crippen LogP contribution in [0.1, 0.15) is 31.7 Å². The minimum atomic E-state index is 1.23. The van der Waals surface area contributed by atoms with Gasteiger partial charge in [-0.1, -0.05) is 30.3 Å². The van der Waals surface area contributed by atoms with Gasteiger partial charge in [0, 0.05) is 18.8 Å². The lowest BCUT2D eigenvalue weighted by atomic mass is 10.1. The number of likely N-dealkylation sites (tertiary alicyclic amines) is 1. The van der Waals surface area contributed by atoms with E-state index in [1.165, 1.54) is 43.6 Å². The summed E-state index contributed by atoms with van der Waals surface area (Å²) < 4.78 is 0. The zero-order chi connectivity index (χ0) is 10.5. The van der Waals surface area contributed by atoms with E-state index in [-0.39, 0.29) is 0 Å². The summed E-state index contributed by atoms with van der Waals surface area (Å²) in [6, 6.07) is 10.6. The smallest absolute Gasteiger partial charge is 0.0174 e. The zero-order valence-electron chi connectivity index (χ0n) is 9.45. The highest BCUT2D eigenvalue weighted by molar-refractivity contribution is 5.51. The van der Waals surface area contributed by atoms with E-state index < -0.39 is 0 Å². The lowest BCUT2D eigenvalue weighted by molar-refractivity contribution is 0.288. The molecule has 2 rings (SSSR count). The van der Waals surface area contributed by atoms with Crippen molar-refractivity contribution in [1.29, 1.82) is 0 Å². The maximum absolute atomic E-state index is 2.50. The van der Waals surface area contributed by atoms with Crippen LogP contribution >= 0.6 is 0 Å². The molecule has 1 aromatic carbocycles. The van der Waals surface area contributed by atoms with Crippen LogP contribution in [0.2, 0.25) is 0 Å². The topological polar surface area (TPSA) is 3.24 Å². The van der Waals surface area contributed by atoms with Crippen LogP contribution in [0.5, 0.6) is 0 Å². The molecule has 0 saturated carbocycles. The van der Waals surface area contributed by atoms with Gasteiger partial charge >= 0.3 is 0 Å². The number of hydrogen-bond donors (Lipinski definition) is 0. The molecule has 1 aliphatic heterocycles. The fourth-order valence-corrected chi connectivity index (χ4v) is 2.13. The van der Waals surface area contributed by atoms with Crippen LogP contribution in [0.3, 0.4) is 0 Å². The maximum atomic E-state index is 2.50. The van der Waals surface area contributed by atoms with Crippen LogP contribution in [-0.2, 0) is 0 Å². The van der Waals surface area contributed by atoms with Crippen molar-refractivity contribution >= 4 is 6.08 Å². The van der Waals surface area contributed by atoms with Crippen LogP contribution in [0.4, 0.5) is 0 Å². The van der Waals surface area contributed by atoms with Crippen LogP contribution < -0.4 is 0 Å². The van der Waals surface area contributed by atoms with E-state index in [1.54, 1.807) is 0 Å². The van der Waals surface area contributed by atoms with Crippen molar-refractivity contribution in [1.82, 2.24) is 4.90 Å². The minimum absolute atomic E-state index is 1.23. The molecule has 0 N–H and O–H groups in total. The molecule has 1 heterocycles. The van der Waals surface area contributed by atoms with Crippen LogP contribution in [0, 0.1) is 0 Å². The van der Waals surface area contributed by atoms with E-state index in [4.69, 9.17) is 0 Å². The molecule has 0 unspecified atom stereocenters. The van der Waals surface area contributed by atoms with Gasteiger partial charge in [0.1, 0.15) is 0 Å². The van der Waals surface area contributed by atoms with E-state index in [2.05, 4.69) is 48.2 Å². The van der Waals surface area contributed by atoms with Crippen molar-refractivity contribution in [3.8, 4) is 0 Å². The molecule has 0 amide bonds. The molecule has 80 valence electrons. The Morgan fingerprint density at radius 3 is 2.40 bits per heavy atom. The first kappa shape index (κ1) is 10.3. The van der Waals surface area contributed by atoms with Gasteiger partial charge in [-0.2, -0.15) is 0 Å². The van der Waals surface area contributed by atoms with Gasteiger partial charge in [-0.25, -0.2) is 0 Å². The molecule has 1 fully saturated rings. The molecule has 0 bridgehead atoms. The normalized spacial score (nSPS) is 17.9. The van der Waals surface area contributed by atoms with Crippen LogP contribution in [-0.4, -0.2) is 18.0 Å². The Morgan fingerprint density at radius 2 is 1.73 bits per heavy atom. The molecule has 1 aromatic rings. The van der Waals surface area contributed by atoms with Gasteiger partial charge in [-0.15, -0.1) is 0 Å². The van der Waals surface area contributed by atoms with Crippen molar-refractivity contribution in [3.05, 3.63) is 41.6 Å². The molecule has 1 aliphatic rings. The fourth-order valence-electron chi connectivity index (χ4n) is 2.13. The van der Waals surface area contributed by atoms with E-state index in [1.807, 2.05) is 0 Å². The highest BCUT2D eigenvalue weighted by Gasteiger charge is 2.09. The molecule has 1 saturated heterocycles. The second-order valence-corrected chi connectivity index (χ2v) is 4.24.